The molecule has 1 spiro atoms. The van der Waals surface area contributed by atoms with Gasteiger partial charge in [0.25, 0.3) is 0 Å². The molecule has 4 heteroatoms. The lowest BCUT2D eigenvalue weighted by Crippen LogP contribution is -2.50. The number of halogens is 1. The highest BCUT2D eigenvalue weighted by atomic mass is 19.1. The third kappa shape index (κ3) is 3.46. The third-order valence-electron chi connectivity index (χ3n) is 6.61. The van der Waals surface area contributed by atoms with Crippen LogP contribution < -0.4 is 10.6 Å². The maximum absolute atomic E-state index is 15.0. The van der Waals surface area contributed by atoms with Crippen molar-refractivity contribution in [3.63, 3.8) is 0 Å². The number of amides is 1. The molecule has 0 aromatic heterocycles. The van der Waals surface area contributed by atoms with Crippen molar-refractivity contribution in [1.82, 2.24) is 5.32 Å². The summed E-state index contributed by atoms with van der Waals surface area (Å²) in [7, 11) is 0. The molecule has 2 atom stereocenters. The molecule has 4 rings (SSSR count). The van der Waals surface area contributed by atoms with E-state index in [0.29, 0.717) is 17.7 Å². The lowest BCUT2D eigenvalue weighted by Gasteiger charge is -2.39. The van der Waals surface area contributed by atoms with Crippen LogP contribution in [0.25, 0.3) is 0 Å². The standard InChI is InChI=1S/C24H29FN2O/c1-16-8-6-10-18(14-16)27-23(28)21-20(19-11-7-9-17(2)22(19)25)15-26-24(21)12-4-3-5-13-24/h6-11,14,20-21,26H,3-5,12-13,15H2,1-2H3,(H,27,28). The van der Waals surface area contributed by atoms with Crippen LogP contribution in [0.2, 0.25) is 0 Å². The first kappa shape index (κ1) is 19.1. The minimum atomic E-state index is -0.274. The van der Waals surface area contributed by atoms with Gasteiger partial charge in [-0.05, 0) is 55.5 Å². The molecule has 1 aliphatic carbocycles. The Kier molecular flexibility index (Phi) is 5.24. The van der Waals surface area contributed by atoms with Crippen molar-refractivity contribution in [2.45, 2.75) is 57.4 Å². The predicted molar refractivity (Wildman–Crippen MR) is 111 cm³/mol. The van der Waals surface area contributed by atoms with Crippen molar-refractivity contribution in [2.24, 2.45) is 5.92 Å². The fourth-order valence-corrected chi connectivity index (χ4v) is 5.22. The second-order valence-electron chi connectivity index (χ2n) is 8.52. The lowest BCUT2D eigenvalue weighted by molar-refractivity contribution is -0.122. The zero-order valence-corrected chi connectivity index (χ0v) is 16.7. The molecule has 3 nitrogen and oxygen atoms in total. The Hall–Kier alpha value is -2.20. The molecular weight excluding hydrogens is 351 g/mol. The number of benzene rings is 2. The van der Waals surface area contributed by atoms with Crippen molar-refractivity contribution in [3.8, 4) is 0 Å². The number of carbonyl (C=O) groups excluding carboxylic acids is 1. The van der Waals surface area contributed by atoms with Gasteiger partial charge in [-0.15, -0.1) is 0 Å². The molecular formula is C24H29FN2O. The Morgan fingerprint density at radius 2 is 1.86 bits per heavy atom. The number of carbonyl (C=O) groups is 1. The normalized spacial score (nSPS) is 23.7. The van der Waals surface area contributed by atoms with Gasteiger partial charge in [0.15, 0.2) is 0 Å². The van der Waals surface area contributed by atoms with Crippen LogP contribution in [0.15, 0.2) is 42.5 Å². The Morgan fingerprint density at radius 1 is 1.11 bits per heavy atom. The molecule has 1 saturated carbocycles. The van der Waals surface area contributed by atoms with Gasteiger partial charge in [0.05, 0.1) is 5.92 Å². The van der Waals surface area contributed by atoms with Gasteiger partial charge in [-0.1, -0.05) is 49.6 Å². The smallest absolute Gasteiger partial charge is 0.230 e. The van der Waals surface area contributed by atoms with Gasteiger partial charge in [-0.3, -0.25) is 4.79 Å². The lowest BCUT2D eigenvalue weighted by atomic mass is 9.69. The molecule has 0 bridgehead atoms. The first-order valence-corrected chi connectivity index (χ1v) is 10.4. The molecule has 1 amide bonds. The first-order chi connectivity index (χ1) is 13.5. The van der Waals surface area contributed by atoms with Crippen LogP contribution in [0.3, 0.4) is 0 Å². The number of hydrogen-bond acceptors (Lipinski definition) is 2. The van der Waals surface area contributed by atoms with Crippen LogP contribution >= 0.6 is 0 Å². The van der Waals surface area contributed by atoms with Crippen molar-refractivity contribution < 1.29 is 9.18 Å². The summed E-state index contributed by atoms with van der Waals surface area (Å²) in [6, 6.07) is 13.4. The minimum Gasteiger partial charge on any atom is -0.326 e. The molecule has 1 aliphatic heterocycles. The van der Waals surface area contributed by atoms with E-state index in [2.05, 4.69) is 10.6 Å². The molecule has 0 radical (unpaired) electrons. The summed E-state index contributed by atoms with van der Waals surface area (Å²) in [5, 5.41) is 6.80. The maximum atomic E-state index is 15.0. The summed E-state index contributed by atoms with van der Waals surface area (Å²) in [4.78, 5) is 13.5. The molecule has 2 unspecified atom stereocenters. The highest BCUT2D eigenvalue weighted by Crippen LogP contribution is 2.47. The monoisotopic (exact) mass is 380 g/mol. The van der Waals surface area contributed by atoms with Crippen LogP contribution in [0, 0.1) is 25.6 Å². The van der Waals surface area contributed by atoms with Crippen molar-refractivity contribution in [2.75, 3.05) is 11.9 Å². The van der Waals surface area contributed by atoms with Crippen LogP contribution in [-0.4, -0.2) is 18.0 Å². The van der Waals surface area contributed by atoms with Gasteiger partial charge in [-0.25, -0.2) is 4.39 Å². The maximum Gasteiger partial charge on any atom is 0.230 e. The third-order valence-corrected chi connectivity index (χ3v) is 6.61. The molecule has 2 aromatic rings. The van der Waals surface area contributed by atoms with E-state index >= 15 is 0 Å². The van der Waals surface area contributed by atoms with Crippen molar-refractivity contribution >= 4 is 11.6 Å². The summed E-state index contributed by atoms with van der Waals surface area (Å²) in [5.74, 6) is -0.591. The van der Waals surface area contributed by atoms with Gasteiger partial charge >= 0.3 is 0 Å². The Balaban J connectivity index is 1.70. The molecule has 1 saturated heterocycles. The fourth-order valence-electron chi connectivity index (χ4n) is 5.22. The van der Waals surface area contributed by atoms with Gasteiger partial charge in [0.1, 0.15) is 5.82 Å². The summed E-state index contributed by atoms with van der Waals surface area (Å²) < 4.78 is 15.0. The number of rotatable bonds is 3. The zero-order chi connectivity index (χ0) is 19.7. The molecule has 2 fully saturated rings. The summed E-state index contributed by atoms with van der Waals surface area (Å²) >= 11 is 0. The molecule has 2 aromatic carbocycles. The minimum absolute atomic E-state index is 0.00315. The number of nitrogens with one attached hydrogen (secondary N) is 2. The number of hydrogen-bond donors (Lipinski definition) is 2. The van der Waals surface area contributed by atoms with E-state index in [-0.39, 0.29) is 29.1 Å². The van der Waals surface area contributed by atoms with Crippen LogP contribution in [0.4, 0.5) is 10.1 Å². The molecule has 1 heterocycles. The van der Waals surface area contributed by atoms with E-state index < -0.39 is 0 Å². The van der Waals surface area contributed by atoms with E-state index in [1.807, 2.05) is 43.3 Å². The Bertz CT molecular complexity index is 873. The number of anilines is 1. The van der Waals surface area contributed by atoms with E-state index in [1.54, 1.807) is 13.0 Å². The molecule has 2 aliphatic rings. The molecule has 28 heavy (non-hydrogen) atoms. The van der Waals surface area contributed by atoms with Gasteiger partial charge < -0.3 is 10.6 Å². The topological polar surface area (TPSA) is 41.1 Å². The van der Waals surface area contributed by atoms with E-state index in [1.165, 1.54) is 6.42 Å². The Morgan fingerprint density at radius 3 is 2.61 bits per heavy atom. The van der Waals surface area contributed by atoms with E-state index in [0.717, 1.165) is 36.9 Å². The van der Waals surface area contributed by atoms with Crippen LogP contribution in [-0.2, 0) is 4.79 Å². The highest BCUT2D eigenvalue weighted by Gasteiger charge is 2.52. The van der Waals surface area contributed by atoms with Crippen LogP contribution in [0.1, 0.15) is 54.7 Å². The van der Waals surface area contributed by atoms with E-state index in [9.17, 15) is 9.18 Å². The highest BCUT2D eigenvalue weighted by molar-refractivity contribution is 5.94. The second-order valence-corrected chi connectivity index (χ2v) is 8.52. The second kappa shape index (κ2) is 7.67. The SMILES string of the molecule is Cc1cccc(NC(=O)C2C(c3cccc(C)c3F)CNC23CCCCC3)c1. The largest absolute Gasteiger partial charge is 0.326 e. The summed E-state index contributed by atoms with van der Waals surface area (Å²) in [5.41, 5.74) is 2.99. The number of aryl methyl sites for hydroxylation is 2. The zero-order valence-electron chi connectivity index (χ0n) is 16.7. The molecule has 148 valence electrons. The summed E-state index contributed by atoms with van der Waals surface area (Å²) in [6.07, 6.45) is 5.39. The van der Waals surface area contributed by atoms with Gasteiger partial charge in [-0.2, -0.15) is 0 Å². The van der Waals surface area contributed by atoms with Gasteiger partial charge in [0, 0.05) is 23.7 Å². The van der Waals surface area contributed by atoms with Gasteiger partial charge in [0.2, 0.25) is 5.91 Å². The summed E-state index contributed by atoms with van der Waals surface area (Å²) in [6.45, 7) is 4.45. The molecule has 2 N–H and O–H groups in total. The fraction of sp³-hybridized carbons (Fsp3) is 0.458. The predicted octanol–water partition coefficient (Wildman–Crippen LogP) is 5.09. The average Bonchev–Trinajstić information content (AvgIpc) is 3.03. The van der Waals surface area contributed by atoms with Crippen molar-refractivity contribution in [1.29, 1.82) is 0 Å². The van der Waals surface area contributed by atoms with Crippen molar-refractivity contribution in [3.05, 3.63) is 65.0 Å². The average molecular weight is 381 g/mol. The quantitative estimate of drug-likeness (QED) is 0.779. The first-order valence-electron chi connectivity index (χ1n) is 10.4. The van der Waals surface area contributed by atoms with Crippen LogP contribution in [0.5, 0.6) is 0 Å². The van der Waals surface area contributed by atoms with E-state index in [4.69, 9.17) is 0 Å². The Labute approximate surface area is 166 Å².